The molecule has 21 heavy (non-hydrogen) atoms. The number of carboxylic acids is 1. The Morgan fingerprint density at radius 1 is 1.19 bits per heavy atom. The summed E-state index contributed by atoms with van der Waals surface area (Å²) in [5.74, 6) is -2.77. The second kappa shape index (κ2) is 5.95. The first kappa shape index (κ1) is 14.4. The van der Waals surface area contributed by atoms with Gasteiger partial charge in [0.2, 0.25) is 5.91 Å². The molecule has 2 amide bonds. The summed E-state index contributed by atoms with van der Waals surface area (Å²) < 4.78 is 0. The van der Waals surface area contributed by atoms with Crippen LogP contribution in [0.1, 0.15) is 16.8 Å². The van der Waals surface area contributed by atoms with Crippen molar-refractivity contribution in [2.24, 2.45) is 5.73 Å². The fourth-order valence-electron chi connectivity index (χ4n) is 1.75. The van der Waals surface area contributed by atoms with Crippen LogP contribution in [0.25, 0.3) is 11.0 Å². The van der Waals surface area contributed by atoms with Crippen molar-refractivity contribution in [3.8, 4) is 0 Å². The van der Waals surface area contributed by atoms with Crippen LogP contribution in [0.2, 0.25) is 0 Å². The Morgan fingerprint density at radius 2 is 1.86 bits per heavy atom. The zero-order valence-corrected chi connectivity index (χ0v) is 10.8. The van der Waals surface area contributed by atoms with Crippen molar-refractivity contribution in [2.45, 2.75) is 12.5 Å². The zero-order valence-electron chi connectivity index (χ0n) is 10.8. The van der Waals surface area contributed by atoms with Gasteiger partial charge in [0.25, 0.3) is 5.91 Å². The molecule has 2 aromatic rings. The zero-order chi connectivity index (χ0) is 15.4. The average molecular weight is 288 g/mol. The number of carboxylic acid groups (broad SMARTS) is 1. The van der Waals surface area contributed by atoms with E-state index in [-0.39, 0.29) is 5.56 Å². The number of amides is 2. The van der Waals surface area contributed by atoms with Crippen molar-refractivity contribution < 1.29 is 19.5 Å². The van der Waals surface area contributed by atoms with E-state index >= 15 is 0 Å². The second-order valence-corrected chi connectivity index (χ2v) is 4.29. The standard InChI is InChI=1S/C13H12N4O4/c14-11(18)6-10(13(20)21)17-12(19)7-1-2-8-9(5-7)16-4-3-15-8/h1-5,10H,6H2,(H2,14,18)(H,17,19)(H,20,21)/t10-/m1/s1. The molecule has 2 rings (SSSR count). The molecule has 1 atom stereocenters. The number of aliphatic carboxylic acids is 1. The molecule has 1 aromatic heterocycles. The van der Waals surface area contributed by atoms with Crippen molar-refractivity contribution in [3.63, 3.8) is 0 Å². The Balaban J connectivity index is 2.20. The van der Waals surface area contributed by atoms with Crippen LogP contribution in [0.3, 0.4) is 0 Å². The van der Waals surface area contributed by atoms with Gasteiger partial charge in [0.05, 0.1) is 17.5 Å². The molecule has 0 spiro atoms. The Bertz CT molecular complexity index is 716. The number of carbonyl (C=O) groups is 3. The third kappa shape index (κ3) is 3.50. The highest BCUT2D eigenvalue weighted by atomic mass is 16.4. The summed E-state index contributed by atoms with van der Waals surface area (Å²) in [6, 6.07) is 3.21. The highest BCUT2D eigenvalue weighted by Crippen LogP contribution is 2.11. The number of hydrogen-bond acceptors (Lipinski definition) is 5. The van der Waals surface area contributed by atoms with Crippen LogP contribution >= 0.6 is 0 Å². The normalized spacial score (nSPS) is 11.8. The number of nitrogens with zero attached hydrogens (tertiary/aromatic N) is 2. The number of primary amides is 1. The first-order valence-corrected chi connectivity index (χ1v) is 6.00. The van der Waals surface area contributed by atoms with E-state index in [1.165, 1.54) is 24.5 Å². The quantitative estimate of drug-likeness (QED) is 0.690. The summed E-state index contributed by atoms with van der Waals surface area (Å²) in [6.07, 6.45) is 2.53. The fraction of sp³-hybridized carbons (Fsp3) is 0.154. The van der Waals surface area contributed by atoms with Crippen LogP contribution in [0.15, 0.2) is 30.6 Å². The van der Waals surface area contributed by atoms with Crippen molar-refractivity contribution in [3.05, 3.63) is 36.2 Å². The van der Waals surface area contributed by atoms with Gasteiger partial charge in [-0.05, 0) is 18.2 Å². The number of carbonyl (C=O) groups excluding carboxylic acids is 2. The summed E-state index contributed by atoms with van der Waals surface area (Å²) in [5, 5.41) is 11.2. The van der Waals surface area contributed by atoms with Crippen molar-refractivity contribution in [1.29, 1.82) is 0 Å². The molecule has 0 saturated heterocycles. The number of nitrogens with two attached hydrogens (primary N) is 1. The lowest BCUT2D eigenvalue weighted by Crippen LogP contribution is -2.43. The topological polar surface area (TPSA) is 135 Å². The van der Waals surface area contributed by atoms with Crippen LogP contribution in [0.4, 0.5) is 0 Å². The van der Waals surface area contributed by atoms with E-state index in [2.05, 4.69) is 15.3 Å². The van der Waals surface area contributed by atoms with E-state index in [1.807, 2.05) is 0 Å². The van der Waals surface area contributed by atoms with Gasteiger partial charge in [0.1, 0.15) is 6.04 Å². The molecule has 1 aromatic carbocycles. The van der Waals surface area contributed by atoms with Gasteiger partial charge in [-0.1, -0.05) is 0 Å². The van der Waals surface area contributed by atoms with Gasteiger partial charge >= 0.3 is 5.97 Å². The number of aromatic nitrogens is 2. The molecule has 0 fully saturated rings. The molecular formula is C13H12N4O4. The first-order chi connectivity index (χ1) is 9.97. The Labute approximate surface area is 119 Å². The smallest absolute Gasteiger partial charge is 0.326 e. The van der Waals surface area contributed by atoms with Crippen molar-refractivity contribution in [2.75, 3.05) is 0 Å². The van der Waals surface area contributed by atoms with Crippen LogP contribution in [-0.2, 0) is 9.59 Å². The predicted molar refractivity (Wildman–Crippen MR) is 72.2 cm³/mol. The summed E-state index contributed by atoms with van der Waals surface area (Å²) in [7, 11) is 0. The van der Waals surface area contributed by atoms with Crippen LogP contribution in [0.5, 0.6) is 0 Å². The molecular weight excluding hydrogens is 276 g/mol. The minimum Gasteiger partial charge on any atom is -0.480 e. The lowest BCUT2D eigenvalue weighted by Gasteiger charge is -2.12. The van der Waals surface area contributed by atoms with Crippen molar-refractivity contribution in [1.82, 2.24) is 15.3 Å². The molecule has 0 aliphatic rings. The van der Waals surface area contributed by atoms with E-state index in [4.69, 9.17) is 10.8 Å². The highest BCUT2D eigenvalue weighted by Gasteiger charge is 2.22. The lowest BCUT2D eigenvalue weighted by atomic mass is 10.1. The van der Waals surface area contributed by atoms with E-state index in [0.29, 0.717) is 11.0 Å². The van der Waals surface area contributed by atoms with E-state index in [0.717, 1.165) is 0 Å². The predicted octanol–water partition coefficient (Wildman–Crippen LogP) is -0.312. The van der Waals surface area contributed by atoms with Gasteiger partial charge < -0.3 is 16.2 Å². The molecule has 0 aliphatic carbocycles. The van der Waals surface area contributed by atoms with Gasteiger partial charge in [-0.3, -0.25) is 19.6 Å². The minimum atomic E-state index is -1.37. The van der Waals surface area contributed by atoms with E-state index in [1.54, 1.807) is 6.07 Å². The van der Waals surface area contributed by atoms with E-state index < -0.39 is 30.2 Å². The fourth-order valence-corrected chi connectivity index (χ4v) is 1.75. The molecule has 4 N–H and O–H groups in total. The molecule has 0 aliphatic heterocycles. The van der Waals surface area contributed by atoms with Crippen molar-refractivity contribution >= 4 is 28.8 Å². The molecule has 0 saturated carbocycles. The third-order valence-electron chi connectivity index (χ3n) is 2.74. The summed E-state index contributed by atoms with van der Waals surface area (Å²) in [6.45, 7) is 0. The van der Waals surface area contributed by atoms with Crippen LogP contribution in [0, 0.1) is 0 Å². The maximum absolute atomic E-state index is 12.0. The maximum atomic E-state index is 12.0. The van der Waals surface area contributed by atoms with Crippen LogP contribution < -0.4 is 11.1 Å². The molecule has 8 nitrogen and oxygen atoms in total. The number of nitrogens with one attached hydrogen (secondary N) is 1. The first-order valence-electron chi connectivity index (χ1n) is 6.00. The highest BCUT2D eigenvalue weighted by molar-refractivity contribution is 5.99. The Morgan fingerprint density at radius 3 is 2.48 bits per heavy atom. The number of hydrogen-bond donors (Lipinski definition) is 3. The van der Waals surface area contributed by atoms with E-state index in [9.17, 15) is 14.4 Å². The lowest BCUT2D eigenvalue weighted by molar-refractivity contribution is -0.140. The summed E-state index contributed by atoms with van der Waals surface area (Å²) in [4.78, 5) is 41.9. The minimum absolute atomic E-state index is 0.221. The number of benzene rings is 1. The summed E-state index contributed by atoms with van der Waals surface area (Å²) in [5.41, 5.74) is 6.29. The average Bonchev–Trinajstić information content (AvgIpc) is 2.45. The molecule has 0 unspecified atom stereocenters. The van der Waals surface area contributed by atoms with Gasteiger partial charge in [0, 0.05) is 18.0 Å². The van der Waals surface area contributed by atoms with Gasteiger partial charge in [0.15, 0.2) is 0 Å². The Hall–Kier alpha value is -3.03. The molecule has 108 valence electrons. The maximum Gasteiger partial charge on any atom is 0.326 e. The molecule has 8 heteroatoms. The third-order valence-corrected chi connectivity index (χ3v) is 2.74. The van der Waals surface area contributed by atoms with Gasteiger partial charge in [-0.15, -0.1) is 0 Å². The van der Waals surface area contributed by atoms with Gasteiger partial charge in [-0.2, -0.15) is 0 Å². The number of fused-ring (bicyclic) bond motifs is 1. The largest absolute Gasteiger partial charge is 0.480 e. The monoisotopic (exact) mass is 288 g/mol. The summed E-state index contributed by atoms with van der Waals surface area (Å²) >= 11 is 0. The Kier molecular flexibility index (Phi) is 4.07. The molecule has 0 bridgehead atoms. The SMILES string of the molecule is NC(=O)C[C@@H](NC(=O)c1ccc2nccnc2c1)C(=O)O. The van der Waals surface area contributed by atoms with Gasteiger partial charge in [-0.25, -0.2) is 4.79 Å². The molecule has 1 heterocycles. The number of rotatable bonds is 5. The second-order valence-electron chi connectivity index (χ2n) is 4.29. The molecule has 0 radical (unpaired) electrons. The van der Waals surface area contributed by atoms with Crippen LogP contribution in [-0.4, -0.2) is 38.9 Å².